The number of carbonyl (C=O) groups excluding carboxylic acids is 1. The standard InChI is InChI=1S/C7H10O3/c1-4-5(2)9-6(3)10-7(4)8/h5-6H,1H2,2-3H3/t5-,6+/m0/s1. The first-order valence-corrected chi connectivity index (χ1v) is 3.16. The summed E-state index contributed by atoms with van der Waals surface area (Å²) in [4.78, 5) is 10.8. The maximum Gasteiger partial charge on any atom is 0.338 e. The van der Waals surface area contributed by atoms with Gasteiger partial charge in [-0.25, -0.2) is 4.79 Å². The smallest absolute Gasteiger partial charge is 0.338 e. The molecule has 0 spiro atoms. The second-order valence-corrected chi connectivity index (χ2v) is 2.28. The van der Waals surface area contributed by atoms with Gasteiger partial charge in [0.2, 0.25) is 6.29 Å². The molecule has 3 heteroatoms. The van der Waals surface area contributed by atoms with Crippen LogP contribution >= 0.6 is 0 Å². The molecule has 10 heavy (non-hydrogen) atoms. The molecule has 1 aliphatic heterocycles. The number of rotatable bonds is 0. The van der Waals surface area contributed by atoms with E-state index in [4.69, 9.17) is 9.47 Å². The van der Waals surface area contributed by atoms with E-state index in [2.05, 4.69) is 6.58 Å². The molecule has 3 nitrogen and oxygen atoms in total. The summed E-state index contributed by atoms with van der Waals surface area (Å²) < 4.78 is 9.83. The summed E-state index contributed by atoms with van der Waals surface area (Å²) >= 11 is 0. The van der Waals surface area contributed by atoms with E-state index < -0.39 is 6.29 Å². The van der Waals surface area contributed by atoms with Gasteiger partial charge in [0, 0.05) is 0 Å². The van der Waals surface area contributed by atoms with Crippen LogP contribution in [-0.4, -0.2) is 18.4 Å². The van der Waals surface area contributed by atoms with Crippen LogP contribution in [0.2, 0.25) is 0 Å². The molecule has 0 N–H and O–H groups in total. The fraction of sp³-hybridized carbons (Fsp3) is 0.571. The molecule has 1 heterocycles. The van der Waals surface area contributed by atoms with Gasteiger partial charge < -0.3 is 9.47 Å². The van der Waals surface area contributed by atoms with E-state index in [1.807, 2.05) is 0 Å². The molecule has 1 aliphatic rings. The van der Waals surface area contributed by atoms with E-state index >= 15 is 0 Å². The largest absolute Gasteiger partial charge is 0.433 e. The van der Waals surface area contributed by atoms with Gasteiger partial charge in [-0.3, -0.25) is 0 Å². The van der Waals surface area contributed by atoms with Gasteiger partial charge in [0.1, 0.15) is 0 Å². The maximum absolute atomic E-state index is 10.8. The highest BCUT2D eigenvalue weighted by Gasteiger charge is 2.26. The molecular formula is C7H10O3. The van der Waals surface area contributed by atoms with Crippen LogP contribution in [0.5, 0.6) is 0 Å². The highest BCUT2D eigenvalue weighted by atomic mass is 16.7. The Morgan fingerprint density at radius 1 is 1.50 bits per heavy atom. The Bertz CT molecular complexity index is 174. The van der Waals surface area contributed by atoms with E-state index in [0.29, 0.717) is 5.57 Å². The summed E-state index contributed by atoms with van der Waals surface area (Å²) in [6, 6.07) is 0. The summed E-state index contributed by atoms with van der Waals surface area (Å²) in [6.45, 7) is 6.97. The minimum atomic E-state index is -0.437. The minimum absolute atomic E-state index is 0.212. The number of ether oxygens (including phenoxy) is 2. The molecule has 1 saturated heterocycles. The molecule has 0 radical (unpaired) electrons. The number of esters is 1. The number of carbonyl (C=O) groups is 1. The average Bonchev–Trinajstić information content (AvgIpc) is 1.82. The Labute approximate surface area is 59.6 Å². The molecule has 0 aromatic rings. The third kappa shape index (κ3) is 1.19. The minimum Gasteiger partial charge on any atom is -0.433 e. The zero-order chi connectivity index (χ0) is 7.72. The lowest BCUT2D eigenvalue weighted by Gasteiger charge is -2.26. The Kier molecular flexibility index (Phi) is 1.76. The van der Waals surface area contributed by atoms with E-state index in [-0.39, 0.29) is 12.1 Å². The summed E-state index contributed by atoms with van der Waals surface area (Å²) in [6.07, 6.45) is -0.649. The average molecular weight is 142 g/mol. The van der Waals surface area contributed by atoms with Crippen LogP contribution in [0, 0.1) is 0 Å². The normalized spacial score (nSPS) is 33.8. The Hall–Kier alpha value is -0.830. The van der Waals surface area contributed by atoms with Crippen LogP contribution in [0.15, 0.2) is 12.2 Å². The van der Waals surface area contributed by atoms with E-state index in [0.717, 1.165) is 0 Å². The van der Waals surface area contributed by atoms with Crippen molar-refractivity contribution >= 4 is 5.97 Å². The number of hydrogen-bond acceptors (Lipinski definition) is 3. The molecule has 1 fully saturated rings. The summed E-state index contributed by atoms with van der Waals surface area (Å²) in [5.41, 5.74) is 0.387. The molecule has 1 rings (SSSR count). The van der Waals surface area contributed by atoms with Gasteiger partial charge in [-0.15, -0.1) is 0 Å². The van der Waals surface area contributed by atoms with Gasteiger partial charge in [-0.05, 0) is 13.8 Å². The molecule has 2 atom stereocenters. The van der Waals surface area contributed by atoms with Crippen LogP contribution < -0.4 is 0 Å². The fourth-order valence-electron chi connectivity index (χ4n) is 0.790. The topological polar surface area (TPSA) is 35.5 Å². The predicted molar refractivity (Wildman–Crippen MR) is 35.2 cm³/mol. The third-order valence-corrected chi connectivity index (χ3v) is 1.42. The zero-order valence-electron chi connectivity index (χ0n) is 6.09. The van der Waals surface area contributed by atoms with Crippen molar-refractivity contribution in [2.75, 3.05) is 0 Å². The quantitative estimate of drug-likeness (QED) is 0.371. The first-order chi connectivity index (χ1) is 4.61. The molecule has 0 amide bonds. The monoisotopic (exact) mass is 142 g/mol. The van der Waals surface area contributed by atoms with Crippen molar-refractivity contribution in [2.24, 2.45) is 0 Å². The second kappa shape index (κ2) is 2.42. The van der Waals surface area contributed by atoms with Crippen LogP contribution in [0.4, 0.5) is 0 Å². The fourth-order valence-corrected chi connectivity index (χ4v) is 0.790. The Morgan fingerprint density at radius 2 is 2.10 bits per heavy atom. The number of cyclic esters (lactones) is 1. The van der Waals surface area contributed by atoms with Crippen molar-refractivity contribution in [1.82, 2.24) is 0 Å². The summed E-state index contributed by atoms with van der Waals surface area (Å²) in [7, 11) is 0. The lowest BCUT2D eigenvalue weighted by Crippen LogP contribution is -2.33. The van der Waals surface area contributed by atoms with Crippen molar-refractivity contribution in [2.45, 2.75) is 26.2 Å². The van der Waals surface area contributed by atoms with Crippen molar-refractivity contribution in [3.63, 3.8) is 0 Å². The summed E-state index contributed by atoms with van der Waals surface area (Å²) in [5, 5.41) is 0. The maximum atomic E-state index is 10.8. The molecule has 0 saturated carbocycles. The van der Waals surface area contributed by atoms with Crippen molar-refractivity contribution < 1.29 is 14.3 Å². The zero-order valence-corrected chi connectivity index (χ0v) is 6.09. The molecule has 0 aromatic carbocycles. The van der Waals surface area contributed by atoms with Crippen LogP contribution in [0.25, 0.3) is 0 Å². The predicted octanol–water partition coefficient (Wildman–Crippen LogP) is 0.850. The van der Waals surface area contributed by atoms with Gasteiger partial charge in [0.15, 0.2) is 0 Å². The highest BCUT2D eigenvalue weighted by molar-refractivity contribution is 5.89. The summed E-state index contributed by atoms with van der Waals surface area (Å²) in [5.74, 6) is -0.355. The van der Waals surface area contributed by atoms with Gasteiger partial charge in [0.05, 0.1) is 11.7 Å². The van der Waals surface area contributed by atoms with Crippen LogP contribution in [-0.2, 0) is 14.3 Å². The Morgan fingerprint density at radius 3 is 2.60 bits per heavy atom. The number of hydrogen-bond donors (Lipinski definition) is 0. The molecule has 0 aromatic heterocycles. The third-order valence-electron chi connectivity index (χ3n) is 1.42. The van der Waals surface area contributed by atoms with Gasteiger partial charge in [0.25, 0.3) is 0 Å². The molecule has 56 valence electrons. The van der Waals surface area contributed by atoms with Gasteiger partial charge in [-0.2, -0.15) is 0 Å². The van der Waals surface area contributed by atoms with Crippen molar-refractivity contribution in [1.29, 1.82) is 0 Å². The SMILES string of the molecule is C=C1C(=O)O[C@H](C)O[C@H]1C. The first kappa shape index (κ1) is 7.28. The van der Waals surface area contributed by atoms with E-state index in [1.165, 1.54) is 0 Å². The second-order valence-electron chi connectivity index (χ2n) is 2.28. The van der Waals surface area contributed by atoms with Gasteiger partial charge in [-0.1, -0.05) is 6.58 Å². The Balaban J connectivity index is 2.66. The van der Waals surface area contributed by atoms with E-state index in [9.17, 15) is 4.79 Å². The molecule has 0 aliphatic carbocycles. The van der Waals surface area contributed by atoms with Gasteiger partial charge >= 0.3 is 5.97 Å². The highest BCUT2D eigenvalue weighted by Crippen LogP contribution is 2.16. The van der Waals surface area contributed by atoms with Crippen LogP contribution in [0.3, 0.4) is 0 Å². The van der Waals surface area contributed by atoms with Crippen molar-refractivity contribution in [3.05, 3.63) is 12.2 Å². The molecule has 0 unspecified atom stereocenters. The van der Waals surface area contributed by atoms with Crippen molar-refractivity contribution in [3.8, 4) is 0 Å². The van der Waals surface area contributed by atoms with E-state index in [1.54, 1.807) is 13.8 Å². The lowest BCUT2D eigenvalue weighted by atomic mass is 10.2. The molecular weight excluding hydrogens is 132 g/mol. The first-order valence-electron chi connectivity index (χ1n) is 3.16. The lowest BCUT2D eigenvalue weighted by molar-refractivity contribution is -0.192. The van der Waals surface area contributed by atoms with Crippen LogP contribution in [0.1, 0.15) is 13.8 Å². The molecule has 0 bridgehead atoms.